The van der Waals surface area contributed by atoms with Gasteiger partial charge in [-0.2, -0.15) is 0 Å². The molecule has 0 atom stereocenters. The van der Waals surface area contributed by atoms with Crippen LogP contribution in [0.4, 0.5) is 5.69 Å². The number of para-hydroxylation sites is 2. The zero-order valence-electron chi connectivity index (χ0n) is 16.5. The summed E-state index contributed by atoms with van der Waals surface area (Å²) in [7, 11) is 0. The average molecular weight is 583 g/mol. The number of halogens is 2. The number of anilines is 1. The van der Waals surface area contributed by atoms with Gasteiger partial charge in [-0.3, -0.25) is 0 Å². The maximum Gasteiger partial charge on any atom is -1.00 e. The third-order valence-corrected chi connectivity index (χ3v) is 8.30. The molecule has 0 fully saturated rings. The third kappa shape index (κ3) is 3.36. The van der Waals surface area contributed by atoms with E-state index in [4.69, 9.17) is 11.6 Å². The van der Waals surface area contributed by atoms with Crippen molar-refractivity contribution in [2.45, 2.75) is 33.4 Å². The molecule has 3 heterocycles. The molecule has 6 heteroatoms. The summed E-state index contributed by atoms with van der Waals surface area (Å²) in [6, 6.07) is 15.0. The predicted molar refractivity (Wildman–Crippen MR) is 118 cm³/mol. The zero-order valence-corrected chi connectivity index (χ0v) is 21.2. The van der Waals surface area contributed by atoms with E-state index in [1.165, 1.54) is 37.2 Å². The van der Waals surface area contributed by atoms with E-state index in [1.807, 2.05) is 6.07 Å². The minimum atomic E-state index is 0. The number of allylic oxidation sites excluding steroid dienone is 3. The molecule has 0 spiro atoms. The summed E-state index contributed by atoms with van der Waals surface area (Å²) < 4.78 is 7.74. The number of hydrogen-bond donors (Lipinski definition) is 0. The van der Waals surface area contributed by atoms with Crippen molar-refractivity contribution < 1.29 is 28.5 Å². The molecule has 29 heavy (non-hydrogen) atoms. The SMILES string of the molecule is CCN1C(=CC=C2CC[n+]3c2n(CC)c2cccc(Cl)c23)[Se]c2ccccc21.[I-]. The van der Waals surface area contributed by atoms with Crippen molar-refractivity contribution in [1.82, 2.24) is 4.57 Å². The molecule has 0 radical (unpaired) electrons. The normalized spacial score (nSPS) is 17.8. The Morgan fingerprint density at radius 3 is 2.69 bits per heavy atom. The summed E-state index contributed by atoms with van der Waals surface area (Å²) in [5, 5.41) is 0.845. The zero-order chi connectivity index (χ0) is 19.3. The average Bonchev–Trinajstić information content (AvgIpc) is 3.36. The first kappa shape index (κ1) is 21.0. The summed E-state index contributed by atoms with van der Waals surface area (Å²) >= 11 is 6.93. The van der Waals surface area contributed by atoms with E-state index in [0.717, 1.165) is 31.1 Å². The number of imidazole rings is 1. The molecule has 0 amide bonds. The van der Waals surface area contributed by atoms with Crippen molar-refractivity contribution in [1.29, 1.82) is 0 Å². The molecule has 2 aliphatic heterocycles. The van der Waals surface area contributed by atoms with E-state index < -0.39 is 0 Å². The number of hydrogen-bond acceptors (Lipinski definition) is 1. The largest absolute Gasteiger partial charge is 1.00 e. The Morgan fingerprint density at radius 2 is 1.90 bits per heavy atom. The molecule has 0 saturated heterocycles. The van der Waals surface area contributed by atoms with Crippen molar-refractivity contribution in [3.63, 3.8) is 0 Å². The molecule has 3 aromatic rings. The van der Waals surface area contributed by atoms with Crippen LogP contribution in [0.2, 0.25) is 5.02 Å². The van der Waals surface area contributed by atoms with Crippen LogP contribution in [-0.4, -0.2) is 26.1 Å². The minimum Gasteiger partial charge on any atom is -1.00 e. The van der Waals surface area contributed by atoms with Gasteiger partial charge in [-0.15, -0.1) is 0 Å². The van der Waals surface area contributed by atoms with Crippen LogP contribution in [0.3, 0.4) is 0 Å². The van der Waals surface area contributed by atoms with Gasteiger partial charge in [0.05, 0.1) is 0 Å². The second-order valence-electron chi connectivity index (χ2n) is 7.09. The molecule has 0 bridgehead atoms. The maximum atomic E-state index is 6.56. The Balaban J connectivity index is 0.00000205. The summed E-state index contributed by atoms with van der Waals surface area (Å²) in [4.78, 5) is 2.46. The summed E-state index contributed by atoms with van der Waals surface area (Å²) in [5.74, 6) is 1.31. The van der Waals surface area contributed by atoms with Gasteiger partial charge in [-0.1, -0.05) is 0 Å². The summed E-state index contributed by atoms with van der Waals surface area (Å²) in [5.41, 5.74) is 5.19. The second kappa shape index (κ2) is 8.46. The number of aromatic nitrogens is 2. The standard InChI is InChI=1S/C23H23ClN3Se.HI/c1-3-25-18-9-5-6-11-20(18)28-21(25)13-12-16-14-15-27-22-17(24)8-7-10-19(22)26(4-2)23(16)27;/h5-13H,3-4,14-15H2,1-2H3;1H/q+1;/p-1. The molecule has 0 saturated carbocycles. The Morgan fingerprint density at radius 1 is 1.07 bits per heavy atom. The molecule has 1 aromatic heterocycles. The van der Waals surface area contributed by atoms with Crippen LogP contribution in [0, 0.1) is 0 Å². The van der Waals surface area contributed by atoms with Crippen molar-refractivity contribution in [3.05, 3.63) is 70.1 Å². The van der Waals surface area contributed by atoms with Gasteiger partial charge in [0, 0.05) is 0 Å². The van der Waals surface area contributed by atoms with E-state index in [0.29, 0.717) is 15.0 Å². The molecule has 150 valence electrons. The molecule has 0 N–H and O–H groups in total. The molecule has 2 aliphatic rings. The first-order valence-electron chi connectivity index (χ1n) is 9.89. The molecular weight excluding hydrogens is 560 g/mol. The topological polar surface area (TPSA) is 12.1 Å². The Bertz CT molecular complexity index is 1150. The number of fused-ring (bicyclic) bond motifs is 4. The molecule has 0 unspecified atom stereocenters. The fourth-order valence-electron chi connectivity index (χ4n) is 4.42. The van der Waals surface area contributed by atoms with Gasteiger partial charge >= 0.3 is 177 Å². The van der Waals surface area contributed by atoms with Crippen LogP contribution >= 0.6 is 11.6 Å². The van der Waals surface area contributed by atoms with E-state index in [2.05, 4.69) is 76.4 Å². The van der Waals surface area contributed by atoms with Crippen LogP contribution < -0.4 is 37.9 Å². The maximum absolute atomic E-state index is 6.56. The van der Waals surface area contributed by atoms with Crippen molar-refractivity contribution in [3.8, 4) is 0 Å². The van der Waals surface area contributed by atoms with Gasteiger partial charge in [-0.25, -0.2) is 0 Å². The third-order valence-electron chi connectivity index (χ3n) is 5.63. The summed E-state index contributed by atoms with van der Waals surface area (Å²) in [6.45, 7) is 7.41. The predicted octanol–water partition coefficient (Wildman–Crippen LogP) is 1.10. The quantitative estimate of drug-likeness (QED) is 0.256. The fraction of sp³-hybridized carbons (Fsp3) is 0.261. The van der Waals surface area contributed by atoms with Crippen molar-refractivity contribution in [2.24, 2.45) is 0 Å². The molecule has 2 aromatic carbocycles. The number of aryl methyl sites for hydroxylation is 2. The first-order valence-corrected chi connectivity index (χ1v) is 12.0. The monoisotopic (exact) mass is 583 g/mol. The van der Waals surface area contributed by atoms with Crippen molar-refractivity contribution in [2.75, 3.05) is 11.4 Å². The number of rotatable bonds is 3. The van der Waals surface area contributed by atoms with Gasteiger partial charge < -0.3 is 24.0 Å². The van der Waals surface area contributed by atoms with Crippen LogP contribution in [0.25, 0.3) is 16.6 Å². The van der Waals surface area contributed by atoms with E-state index in [1.54, 1.807) is 0 Å². The van der Waals surface area contributed by atoms with Crippen LogP contribution in [-0.2, 0) is 13.1 Å². The van der Waals surface area contributed by atoms with Crippen LogP contribution in [0.5, 0.6) is 0 Å². The number of nitrogens with zero attached hydrogens (tertiary/aromatic N) is 3. The van der Waals surface area contributed by atoms with Gasteiger partial charge in [0.15, 0.2) is 0 Å². The second-order valence-corrected chi connectivity index (χ2v) is 9.72. The summed E-state index contributed by atoms with van der Waals surface area (Å²) in [6.07, 6.45) is 5.77. The molecule has 5 rings (SSSR count). The molecule has 3 nitrogen and oxygen atoms in total. The van der Waals surface area contributed by atoms with Crippen molar-refractivity contribution >= 4 is 53.3 Å². The van der Waals surface area contributed by atoms with Gasteiger partial charge in [0.25, 0.3) is 0 Å². The van der Waals surface area contributed by atoms with E-state index in [-0.39, 0.29) is 24.0 Å². The molecule has 0 aliphatic carbocycles. The van der Waals surface area contributed by atoms with Gasteiger partial charge in [0.1, 0.15) is 0 Å². The smallest absolute Gasteiger partial charge is 1.00 e. The van der Waals surface area contributed by atoms with Crippen LogP contribution in [0.15, 0.2) is 59.2 Å². The van der Waals surface area contributed by atoms with Gasteiger partial charge in [0.2, 0.25) is 0 Å². The Hall–Kier alpha value is -1.27. The van der Waals surface area contributed by atoms with E-state index in [9.17, 15) is 0 Å². The molecular formula is C23H23ClIN3Se. The van der Waals surface area contributed by atoms with Gasteiger partial charge in [-0.05, 0) is 0 Å². The van der Waals surface area contributed by atoms with E-state index >= 15 is 0 Å². The first-order chi connectivity index (χ1) is 13.7. The Labute approximate surface area is 200 Å². The minimum absolute atomic E-state index is 0. The van der Waals surface area contributed by atoms with Crippen LogP contribution in [0.1, 0.15) is 26.1 Å². The fourth-order valence-corrected chi connectivity index (χ4v) is 7.06. The Kier molecular flexibility index (Phi) is 6.12. The number of benzene rings is 2.